The maximum Gasteiger partial charge on any atom is 0.344 e. The molecule has 0 radical (unpaired) electrons. The second-order valence-electron chi connectivity index (χ2n) is 8.33. The Balaban J connectivity index is 1.93. The number of hydrogen-bond acceptors (Lipinski definition) is 4. The van der Waals surface area contributed by atoms with Gasteiger partial charge in [-0.1, -0.05) is 23.8 Å². The van der Waals surface area contributed by atoms with E-state index in [1.165, 1.54) is 0 Å². The second kappa shape index (κ2) is 8.46. The van der Waals surface area contributed by atoms with Crippen LogP contribution in [0, 0.1) is 34.6 Å². The average molecular weight is 426 g/mol. The first kappa shape index (κ1) is 21.6. The number of pyridine rings is 1. The first-order valence-corrected chi connectivity index (χ1v) is 10.6. The van der Waals surface area contributed by atoms with Crippen LogP contribution in [0.15, 0.2) is 54.6 Å². The van der Waals surface area contributed by atoms with Crippen molar-refractivity contribution in [3.05, 3.63) is 88.0 Å². The van der Waals surface area contributed by atoms with Crippen molar-refractivity contribution in [1.29, 1.82) is 0 Å². The van der Waals surface area contributed by atoms with Gasteiger partial charge < -0.3 is 9.47 Å². The first-order valence-electron chi connectivity index (χ1n) is 10.6. The molecule has 1 aromatic heterocycles. The number of carbonyl (C=O) groups is 1. The summed E-state index contributed by atoms with van der Waals surface area (Å²) in [4.78, 5) is 18.5. The molecule has 4 heteroatoms. The zero-order valence-electron chi connectivity index (χ0n) is 19.4. The highest BCUT2D eigenvalue weighted by Gasteiger charge is 2.22. The van der Waals surface area contributed by atoms with Crippen molar-refractivity contribution in [3.63, 3.8) is 0 Å². The molecule has 1 heterocycles. The van der Waals surface area contributed by atoms with Gasteiger partial charge in [-0.15, -0.1) is 0 Å². The topological polar surface area (TPSA) is 48.4 Å². The first-order chi connectivity index (χ1) is 15.3. The van der Waals surface area contributed by atoms with Gasteiger partial charge in [0.05, 0.1) is 23.9 Å². The molecule has 0 atom stereocenters. The van der Waals surface area contributed by atoms with E-state index in [9.17, 15) is 4.79 Å². The number of hydrogen-bond donors (Lipinski definition) is 0. The summed E-state index contributed by atoms with van der Waals surface area (Å²) in [5, 5.41) is 0.813. The van der Waals surface area contributed by atoms with E-state index >= 15 is 0 Å². The molecular weight excluding hydrogens is 398 g/mol. The molecule has 0 aliphatic rings. The van der Waals surface area contributed by atoms with E-state index in [0.717, 1.165) is 55.7 Å². The number of ether oxygens (including phenoxy) is 2. The van der Waals surface area contributed by atoms with Crippen LogP contribution < -0.4 is 9.47 Å². The molecule has 162 valence electrons. The summed E-state index contributed by atoms with van der Waals surface area (Å²) in [7, 11) is 1.64. The number of benzene rings is 3. The fraction of sp³-hybridized carbons (Fsp3) is 0.214. The highest BCUT2D eigenvalue weighted by Crippen LogP contribution is 2.33. The summed E-state index contributed by atoms with van der Waals surface area (Å²) < 4.78 is 11.2. The molecule has 0 amide bonds. The number of methoxy groups -OCH3 is 1. The lowest BCUT2D eigenvalue weighted by atomic mass is 9.95. The van der Waals surface area contributed by atoms with Crippen LogP contribution in [0.3, 0.4) is 0 Å². The van der Waals surface area contributed by atoms with Gasteiger partial charge in [0, 0.05) is 10.9 Å². The molecule has 0 saturated heterocycles. The minimum absolute atomic E-state index is 0.372. The quantitative estimate of drug-likeness (QED) is 0.271. The van der Waals surface area contributed by atoms with Crippen molar-refractivity contribution in [2.45, 2.75) is 34.6 Å². The molecule has 0 aliphatic heterocycles. The highest BCUT2D eigenvalue weighted by molar-refractivity contribution is 6.08. The summed E-state index contributed by atoms with van der Waals surface area (Å²) >= 11 is 0. The molecule has 4 rings (SSSR count). The Morgan fingerprint density at radius 2 is 1.53 bits per heavy atom. The summed E-state index contributed by atoms with van der Waals surface area (Å²) in [6.45, 7) is 9.91. The minimum atomic E-state index is -0.372. The Bertz CT molecular complexity index is 1340. The molecule has 0 saturated carbocycles. The zero-order chi connectivity index (χ0) is 23.0. The number of nitrogens with zero attached hydrogens (tertiary/aromatic N) is 1. The molecule has 0 bridgehead atoms. The van der Waals surface area contributed by atoms with Crippen molar-refractivity contribution in [2.24, 2.45) is 0 Å². The monoisotopic (exact) mass is 425 g/mol. The van der Waals surface area contributed by atoms with Gasteiger partial charge in [-0.3, -0.25) is 0 Å². The lowest BCUT2D eigenvalue weighted by molar-refractivity contribution is 0.0735. The van der Waals surface area contributed by atoms with Crippen LogP contribution in [0.4, 0.5) is 0 Å². The molecular formula is C28H27NO3. The predicted octanol–water partition coefficient (Wildman–Crippen LogP) is 6.67. The van der Waals surface area contributed by atoms with E-state index in [1.54, 1.807) is 7.11 Å². The summed E-state index contributed by atoms with van der Waals surface area (Å²) in [5.74, 6) is 0.978. The third-order valence-electron chi connectivity index (χ3n) is 5.78. The number of rotatable bonds is 4. The fourth-order valence-corrected chi connectivity index (χ4v) is 4.08. The van der Waals surface area contributed by atoms with Crippen LogP contribution in [0.2, 0.25) is 0 Å². The molecule has 0 spiro atoms. The van der Waals surface area contributed by atoms with Crippen molar-refractivity contribution in [2.75, 3.05) is 7.11 Å². The Morgan fingerprint density at radius 3 is 2.22 bits per heavy atom. The number of aryl methyl sites for hydroxylation is 4. The van der Waals surface area contributed by atoms with Gasteiger partial charge in [0.2, 0.25) is 0 Å². The van der Waals surface area contributed by atoms with Gasteiger partial charge in [0.1, 0.15) is 11.5 Å². The lowest BCUT2D eigenvalue weighted by Gasteiger charge is -2.17. The molecule has 4 aromatic rings. The standard InChI is InChI=1S/C28H27NO3/c1-16-7-8-18(3)24(15-16)32-28(30)25-20(5)27(21-9-11-22(31-6)12-10-21)29-26-19(4)13-17(2)14-23(25)26/h7-15H,1-6H3. The average Bonchev–Trinajstić information content (AvgIpc) is 2.76. The summed E-state index contributed by atoms with van der Waals surface area (Å²) in [6.07, 6.45) is 0. The molecule has 0 aliphatic carbocycles. The lowest BCUT2D eigenvalue weighted by Crippen LogP contribution is -2.14. The Morgan fingerprint density at radius 1 is 0.812 bits per heavy atom. The fourth-order valence-electron chi connectivity index (χ4n) is 4.08. The number of esters is 1. The van der Waals surface area contributed by atoms with E-state index in [1.807, 2.05) is 83.1 Å². The van der Waals surface area contributed by atoms with Crippen LogP contribution in [0.5, 0.6) is 11.5 Å². The van der Waals surface area contributed by atoms with Crippen LogP contribution in [-0.4, -0.2) is 18.1 Å². The number of fused-ring (bicyclic) bond motifs is 1. The van der Waals surface area contributed by atoms with Crippen LogP contribution in [0.25, 0.3) is 22.2 Å². The highest BCUT2D eigenvalue weighted by atomic mass is 16.5. The molecule has 4 nitrogen and oxygen atoms in total. The minimum Gasteiger partial charge on any atom is -0.497 e. The predicted molar refractivity (Wildman–Crippen MR) is 129 cm³/mol. The smallest absolute Gasteiger partial charge is 0.344 e. The van der Waals surface area contributed by atoms with Crippen LogP contribution >= 0.6 is 0 Å². The van der Waals surface area contributed by atoms with Gasteiger partial charge in [0.25, 0.3) is 0 Å². The maximum absolute atomic E-state index is 13.5. The SMILES string of the molecule is COc1ccc(-c2nc3c(C)cc(C)cc3c(C(=O)Oc3cc(C)ccc3C)c2C)cc1. The van der Waals surface area contributed by atoms with Gasteiger partial charge in [-0.05, 0) is 93.3 Å². The molecule has 32 heavy (non-hydrogen) atoms. The van der Waals surface area contributed by atoms with Gasteiger partial charge in [-0.25, -0.2) is 9.78 Å². The Kier molecular flexibility index (Phi) is 5.70. The Labute approximate surface area is 188 Å². The van der Waals surface area contributed by atoms with E-state index in [2.05, 4.69) is 6.07 Å². The summed E-state index contributed by atoms with van der Waals surface area (Å²) in [5.41, 5.74) is 7.90. The van der Waals surface area contributed by atoms with Gasteiger partial charge in [-0.2, -0.15) is 0 Å². The van der Waals surface area contributed by atoms with Crippen molar-refractivity contribution in [1.82, 2.24) is 4.98 Å². The maximum atomic E-state index is 13.5. The third-order valence-corrected chi connectivity index (χ3v) is 5.78. The molecule has 0 fully saturated rings. The van der Waals surface area contributed by atoms with Crippen molar-refractivity contribution in [3.8, 4) is 22.8 Å². The number of carbonyl (C=O) groups excluding carboxylic acids is 1. The zero-order valence-corrected chi connectivity index (χ0v) is 19.4. The third kappa shape index (κ3) is 3.96. The van der Waals surface area contributed by atoms with E-state index in [-0.39, 0.29) is 5.97 Å². The molecule has 0 unspecified atom stereocenters. The number of aromatic nitrogens is 1. The van der Waals surface area contributed by atoms with Crippen LogP contribution in [-0.2, 0) is 0 Å². The van der Waals surface area contributed by atoms with Crippen molar-refractivity contribution >= 4 is 16.9 Å². The van der Waals surface area contributed by atoms with Gasteiger partial charge >= 0.3 is 5.97 Å². The van der Waals surface area contributed by atoms with E-state index in [0.29, 0.717) is 11.3 Å². The second-order valence-corrected chi connectivity index (χ2v) is 8.33. The normalized spacial score (nSPS) is 10.9. The molecule has 3 aromatic carbocycles. The van der Waals surface area contributed by atoms with Crippen LogP contribution in [0.1, 0.15) is 38.2 Å². The van der Waals surface area contributed by atoms with Gasteiger partial charge in [0.15, 0.2) is 0 Å². The van der Waals surface area contributed by atoms with E-state index in [4.69, 9.17) is 14.5 Å². The van der Waals surface area contributed by atoms with E-state index < -0.39 is 0 Å². The molecule has 0 N–H and O–H groups in total. The Hall–Kier alpha value is -3.66. The van der Waals surface area contributed by atoms with Crippen molar-refractivity contribution < 1.29 is 14.3 Å². The largest absolute Gasteiger partial charge is 0.497 e. The summed E-state index contributed by atoms with van der Waals surface area (Å²) in [6, 6.07) is 17.7.